The SMILES string of the molecule is Cc1ccc2cc(C(=O)Nc3ccc(NC(=O)CN4CCOCC4)cc3)[nH]c2c1. The molecule has 4 rings (SSSR count). The van der Waals surface area contributed by atoms with Crippen molar-refractivity contribution in [3.63, 3.8) is 0 Å². The van der Waals surface area contributed by atoms with E-state index in [-0.39, 0.29) is 11.8 Å². The van der Waals surface area contributed by atoms with Crippen LogP contribution in [0.15, 0.2) is 48.5 Å². The molecule has 7 heteroatoms. The zero-order valence-corrected chi connectivity index (χ0v) is 16.3. The van der Waals surface area contributed by atoms with Gasteiger partial charge in [0.15, 0.2) is 0 Å². The highest BCUT2D eigenvalue weighted by molar-refractivity contribution is 6.06. The number of H-pyrrole nitrogens is 1. The number of aryl methyl sites for hydroxylation is 1. The van der Waals surface area contributed by atoms with Crippen LogP contribution in [0, 0.1) is 6.92 Å². The summed E-state index contributed by atoms with van der Waals surface area (Å²) in [5.41, 5.74) is 3.94. The fourth-order valence-electron chi connectivity index (χ4n) is 3.36. The molecule has 1 fully saturated rings. The molecular formula is C22H24N4O3. The first-order chi connectivity index (χ1) is 14.1. The van der Waals surface area contributed by atoms with E-state index < -0.39 is 0 Å². The summed E-state index contributed by atoms with van der Waals surface area (Å²) >= 11 is 0. The van der Waals surface area contributed by atoms with Gasteiger partial charge in [0.1, 0.15) is 5.69 Å². The number of carbonyl (C=O) groups is 2. The minimum absolute atomic E-state index is 0.0583. The third-order valence-electron chi connectivity index (χ3n) is 4.92. The molecule has 1 saturated heterocycles. The number of aromatic nitrogens is 1. The van der Waals surface area contributed by atoms with E-state index in [1.165, 1.54) is 0 Å². The van der Waals surface area contributed by atoms with Crippen LogP contribution in [0.25, 0.3) is 10.9 Å². The van der Waals surface area contributed by atoms with E-state index in [1.54, 1.807) is 24.3 Å². The van der Waals surface area contributed by atoms with E-state index in [4.69, 9.17) is 4.74 Å². The Labute approximate surface area is 169 Å². The van der Waals surface area contributed by atoms with Gasteiger partial charge in [0, 0.05) is 35.4 Å². The van der Waals surface area contributed by atoms with Gasteiger partial charge in [-0.3, -0.25) is 14.5 Å². The van der Waals surface area contributed by atoms with Crippen LogP contribution in [0.3, 0.4) is 0 Å². The normalized spacial score (nSPS) is 14.7. The van der Waals surface area contributed by atoms with Crippen LogP contribution in [0.2, 0.25) is 0 Å². The molecule has 3 aromatic rings. The van der Waals surface area contributed by atoms with Crippen LogP contribution in [-0.4, -0.2) is 54.5 Å². The Morgan fingerprint density at radius 1 is 1.00 bits per heavy atom. The van der Waals surface area contributed by atoms with Crippen molar-refractivity contribution in [3.8, 4) is 0 Å². The summed E-state index contributed by atoms with van der Waals surface area (Å²) in [5.74, 6) is -0.264. The van der Waals surface area contributed by atoms with Crippen LogP contribution < -0.4 is 10.6 Å². The summed E-state index contributed by atoms with van der Waals surface area (Å²) in [6, 6.07) is 15.0. The van der Waals surface area contributed by atoms with Crippen molar-refractivity contribution in [2.45, 2.75) is 6.92 Å². The molecule has 2 heterocycles. The maximum absolute atomic E-state index is 12.5. The van der Waals surface area contributed by atoms with Crippen molar-refractivity contribution in [1.82, 2.24) is 9.88 Å². The van der Waals surface area contributed by atoms with E-state index in [9.17, 15) is 9.59 Å². The lowest BCUT2D eigenvalue weighted by Gasteiger charge is -2.25. The average molecular weight is 392 g/mol. The highest BCUT2D eigenvalue weighted by atomic mass is 16.5. The summed E-state index contributed by atoms with van der Waals surface area (Å²) in [7, 11) is 0. The Kier molecular flexibility index (Phi) is 5.59. The molecule has 0 spiro atoms. The van der Waals surface area contributed by atoms with E-state index in [2.05, 4.69) is 20.5 Å². The second kappa shape index (κ2) is 8.46. The zero-order chi connectivity index (χ0) is 20.2. The molecule has 0 unspecified atom stereocenters. The fourth-order valence-corrected chi connectivity index (χ4v) is 3.36. The topological polar surface area (TPSA) is 86.5 Å². The molecule has 0 radical (unpaired) electrons. The number of ether oxygens (including phenoxy) is 1. The first-order valence-electron chi connectivity index (χ1n) is 9.67. The molecule has 2 amide bonds. The fraction of sp³-hybridized carbons (Fsp3) is 0.273. The number of hydrogen-bond donors (Lipinski definition) is 3. The van der Waals surface area contributed by atoms with Gasteiger partial charge in [0.05, 0.1) is 19.8 Å². The van der Waals surface area contributed by atoms with E-state index in [0.29, 0.717) is 36.8 Å². The van der Waals surface area contributed by atoms with Crippen molar-refractivity contribution in [2.24, 2.45) is 0 Å². The van der Waals surface area contributed by atoms with Gasteiger partial charge in [-0.2, -0.15) is 0 Å². The Morgan fingerprint density at radius 2 is 1.69 bits per heavy atom. The van der Waals surface area contributed by atoms with Crippen LogP contribution in [0.5, 0.6) is 0 Å². The lowest BCUT2D eigenvalue weighted by Crippen LogP contribution is -2.41. The maximum Gasteiger partial charge on any atom is 0.272 e. The number of aromatic amines is 1. The molecule has 1 aliphatic heterocycles. The van der Waals surface area contributed by atoms with E-state index in [0.717, 1.165) is 29.6 Å². The third kappa shape index (κ3) is 4.82. The number of carbonyl (C=O) groups excluding carboxylic acids is 2. The number of fused-ring (bicyclic) bond motifs is 1. The van der Waals surface area contributed by atoms with E-state index >= 15 is 0 Å². The number of anilines is 2. The van der Waals surface area contributed by atoms with Crippen molar-refractivity contribution < 1.29 is 14.3 Å². The van der Waals surface area contributed by atoms with E-state index in [1.807, 2.05) is 31.2 Å². The second-order valence-electron chi connectivity index (χ2n) is 7.24. The maximum atomic E-state index is 12.5. The number of rotatable bonds is 5. The van der Waals surface area contributed by atoms with Crippen molar-refractivity contribution in [2.75, 3.05) is 43.5 Å². The number of morpholine rings is 1. The Hall–Kier alpha value is -3.16. The first-order valence-corrected chi connectivity index (χ1v) is 9.67. The predicted octanol–water partition coefficient (Wildman–Crippen LogP) is 3.00. The summed E-state index contributed by atoms with van der Waals surface area (Å²) in [4.78, 5) is 29.9. The smallest absolute Gasteiger partial charge is 0.272 e. The molecule has 1 aromatic heterocycles. The van der Waals surface area contributed by atoms with Gasteiger partial charge in [-0.15, -0.1) is 0 Å². The number of amides is 2. The minimum Gasteiger partial charge on any atom is -0.379 e. The van der Waals surface area contributed by atoms with Crippen molar-refractivity contribution in [3.05, 3.63) is 59.8 Å². The molecule has 29 heavy (non-hydrogen) atoms. The molecule has 7 nitrogen and oxygen atoms in total. The number of nitrogens with zero attached hydrogens (tertiary/aromatic N) is 1. The molecule has 3 N–H and O–H groups in total. The highest BCUT2D eigenvalue weighted by Crippen LogP contribution is 2.19. The third-order valence-corrected chi connectivity index (χ3v) is 4.92. The van der Waals surface area contributed by atoms with Crippen molar-refractivity contribution >= 4 is 34.1 Å². The van der Waals surface area contributed by atoms with Gasteiger partial charge in [-0.1, -0.05) is 12.1 Å². The summed E-state index contributed by atoms with van der Waals surface area (Å²) in [6.07, 6.45) is 0. The van der Waals surface area contributed by atoms with Crippen LogP contribution in [0.1, 0.15) is 16.1 Å². The van der Waals surface area contributed by atoms with Gasteiger partial charge in [-0.05, 0) is 48.9 Å². The largest absolute Gasteiger partial charge is 0.379 e. The monoisotopic (exact) mass is 392 g/mol. The standard InChI is InChI=1S/C22H24N4O3/c1-15-2-3-16-13-20(25-19(16)12-15)22(28)24-18-6-4-17(5-7-18)23-21(27)14-26-8-10-29-11-9-26/h2-7,12-13,25H,8-11,14H2,1H3,(H,23,27)(H,24,28). The first kappa shape index (κ1) is 19.2. The Morgan fingerprint density at radius 3 is 2.41 bits per heavy atom. The summed E-state index contributed by atoms with van der Waals surface area (Å²) in [5, 5.41) is 6.76. The molecule has 0 aliphatic carbocycles. The lowest BCUT2D eigenvalue weighted by molar-refractivity contribution is -0.118. The molecule has 150 valence electrons. The molecular weight excluding hydrogens is 368 g/mol. The molecule has 2 aromatic carbocycles. The summed E-state index contributed by atoms with van der Waals surface area (Å²) < 4.78 is 5.29. The number of benzene rings is 2. The Balaban J connectivity index is 1.34. The zero-order valence-electron chi connectivity index (χ0n) is 16.3. The second-order valence-corrected chi connectivity index (χ2v) is 7.24. The van der Waals surface area contributed by atoms with Crippen LogP contribution >= 0.6 is 0 Å². The van der Waals surface area contributed by atoms with Gasteiger partial charge in [0.2, 0.25) is 5.91 Å². The van der Waals surface area contributed by atoms with Crippen LogP contribution in [-0.2, 0) is 9.53 Å². The average Bonchev–Trinajstić information content (AvgIpc) is 3.13. The minimum atomic E-state index is -0.206. The molecule has 0 bridgehead atoms. The highest BCUT2D eigenvalue weighted by Gasteiger charge is 2.14. The quantitative estimate of drug-likeness (QED) is 0.623. The Bertz CT molecular complexity index is 1020. The lowest BCUT2D eigenvalue weighted by atomic mass is 10.2. The molecule has 0 atom stereocenters. The number of nitrogens with one attached hydrogen (secondary N) is 3. The van der Waals surface area contributed by atoms with Gasteiger partial charge < -0.3 is 20.4 Å². The van der Waals surface area contributed by atoms with Crippen LogP contribution in [0.4, 0.5) is 11.4 Å². The molecule has 1 aliphatic rings. The van der Waals surface area contributed by atoms with Gasteiger partial charge >= 0.3 is 0 Å². The van der Waals surface area contributed by atoms with Gasteiger partial charge in [0.25, 0.3) is 5.91 Å². The predicted molar refractivity (Wildman–Crippen MR) is 113 cm³/mol. The van der Waals surface area contributed by atoms with Gasteiger partial charge in [-0.25, -0.2) is 0 Å². The summed E-state index contributed by atoms with van der Waals surface area (Å²) in [6.45, 7) is 5.23. The van der Waals surface area contributed by atoms with Crippen molar-refractivity contribution in [1.29, 1.82) is 0 Å². The molecule has 0 saturated carbocycles. The number of hydrogen-bond acceptors (Lipinski definition) is 4.